The fraction of sp³-hybridized carbons (Fsp3) is 0.588. The van der Waals surface area contributed by atoms with Crippen LogP contribution >= 0.6 is 0 Å². The van der Waals surface area contributed by atoms with Crippen LogP contribution in [-0.2, 0) is 6.42 Å². The van der Waals surface area contributed by atoms with E-state index in [4.69, 9.17) is 0 Å². The minimum absolute atomic E-state index is 0.0788. The highest BCUT2D eigenvalue weighted by molar-refractivity contribution is 5.74. The van der Waals surface area contributed by atoms with Crippen LogP contribution in [0.25, 0.3) is 0 Å². The van der Waals surface area contributed by atoms with Crippen molar-refractivity contribution in [2.24, 2.45) is 0 Å². The van der Waals surface area contributed by atoms with Gasteiger partial charge in [-0.15, -0.1) is 0 Å². The van der Waals surface area contributed by atoms with E-state index >= 15 is 0 Å². The lowest BCUT2D eigenvalue weighted by atomic mass is 10.1. The number of nitrogens with zero attached hydrogens (tertiary/aromatic N) is 1. The third kappa shape index (κ3) is 5.29. The van der Waals surface area contributed by atoms with Crippen molar-refractivity contribution in [1.82, 2.24) is 10.2 Å². The first kappa shape index (κ1) is 15.7. The van der Waals surface area contributed by atoms with Gasteiger partial charge in [-0.25, -0.2) is 4.79 Å². The smallest absolute Gasteiger partial charge is 0.317 e. The van der Waals surface area contributed by atoms with Crippen molar-refractivity contribution in [3.63, 3.8) is 0 Å². The van der Waals surface area contributed by atoms with E-state index in [0.717, 1.165) is 38.8 Å². The fourth-order valence-electron chi connectivity index (χ4n) is 2.69. The molecule has 1 aliphatic rings. The van der Waals surface area contributed by atoms with Gasteiger partial charge in [0.1, 0.15) is 5.75 Å². The molecule has 1 heterocycles. The Kier molecular flexibility index (Phi) is 5.90. The lowest BCUT2D eigenvalue weighted by Crippen LogP contribution is -2.44. The van der Waals surface area contributed by atoms with E-state index in [-0.39, 0.29) is 12.1 Å². The van der Waals surface area contributed by atoms with Crippen molar-refractivity contribution >= 4 is 6.03 Å². The predicted molar refractivity (Wildman–Crippen MR) is 84.5 cm³/mol. The summed E-state index contributed by atoms with van der Waals surface area (Å²) in [6.45, 7) is 3.82. The minimum Gasteiger partial charge on any atom is -0.508 e. The van der Waals surface area contributed by atoms with Gasteiger partial charge in [0, 0.05) is 19.1 Å². The van der Waals surface area contributed by atoms with Crippen molar-refractivity contribution in [2.75, 3.05) is 13.1 Å². The zero-order valence-corrected chi connectivity index (χ0v) is 12.8. The Morgan fingerprint density at radius 3 is 2.43 bits per heavy atom. The van der Waals surface area contributed by atoms with Crippen LogP contribution < -0.4 is 5.32 Å². The van der Waals surface area contributed by atoms with E-state index in [9.17, 15) is 9.90 Å². The molecule has 116 valence electrons. The van der Waals surface area contributed by atoms with Crippen LogP contribution in [0, 0.1) is 0 Å². The van der Waals surface area contributed by atoms with E-state index in [2.05, 4.69) is 12.2 Å². The van der Waals surface area contributed by atoms with Crippen LogP contribution in [0.4, 0.5) is 4.79 Å². The molecule has 21 heavy (non-hydrogen) atoms. The van der Waals surface area contributed by atoms with E-state index in [1.165, 1.54) is 18.4 Å². The molecular weight excluding hydrogens is 264 g/mol. The lowest BCUT2D eigenvalue weighted by molar-refractivity contribution is 0.196. The number of aromatic hydroxyl groups is 1. The number of nitrogens with one attached hydrogen (secondary N) is 1. The molecule has 0 saturated carbocycles. The molecule has 0 spiro atoms. The Balaban J connectivity index is 1.74. The fourth-order valence-corrected chi connectivity index (χ4v) is 2.69. The average Bonchev–Trinajstić information content (AvgIpc) is 2.76. The normalized spacial score (nSPS) is 17.1. The average molecular weight is 290 g/mol. The first-order chi connectivity index (χ1) is 10.1. The Bertz CT molecular complexity index is 437. The molecule has 0 bridgehead atoms. The topological polar surface area (TPSA) is 52.6 Å². The molecule has 2 amide bonds. The number of hydrogen-bond acceptors (Lipinski definition) is 2. The van der Waals surface area contributed by atoms with E-state index < -0.39 is 0 Å². The molecule has 2 rings (SSSR count). The summed E-state index contributed by atoms with van der Waals surface area (Å²) in [6.07, 6.45) is 6.52. The molecule has 0 aliphatic carbocycles. The first-order valence-corrected chi connectivity index (χ1v) is 7.98. The number of carbonyl (C=O) groups is 1. The summed E-state index contributed by atoms with van der Waals surface area (Å²) in [6, 6.07) is 7.51. The van der Waals surface area contributed by atoms with Crippen molar-refractivity contribution in [2.45, 2.75) is 51.5 Å². The molecular formula is C17H26N2O2. The summed E-state index contributed by atoms with van der Waals surface area (Å²) >= 11 is 0. The molecule has 4 nitrogen and oxygen atoms in total. The van der Waals surface area contributed by atoms with Crippen LogP contribution in [0.3, 0.4) is 0 Å². The molecule has 1 aromatic carbocycles. The number of benzene rings is 1. The Morgan fingerprint density at radius 2 is 1.81 bits per heavy atom. The van der Waals surface area contributed by atoms with Crippen LogP contribution in [0.15, 0.2) is 24.3 Å². The highest BCUT2D eigenvalue weighted by Gasteiger charge is 2.16. The molecule has 1 atom stereocenters. The summed E-state index contributed by atoms with van der Waals surface area (Å²) in [4.78, 5) is 14.1. The van der Waals surface area contributed by atoms with Crippen LogP contribution in [0.5, 0.6) is 5.75 Å². The second-order valence-corrected chi connectivity index (χ2v) is 5.96. The first-order valence-electron chi connectivity index (χ1n) is 7.98. The Morgan fingerprint density at radius 1 is 1.19 bits per heavy atom. The van der Waals surface area contributed by atoms with Gasteiger partial charge in [-0.05, 0) is 50.3 Å². The van der Waals surface area contributed by atoms with E-state index in [0.29, 0.717) is 5.75 Å². The highest BCUT2D eigenvalue weighted by Crippen LogP contribution is 2.13. The summed E-state index contributed by atoms with van der Waals surface area (Å²) in [5.74, 6) is 0.293. The largest absolute Gasteiger partial charge is 0.508 e. The number of amides is 2. The van der Waals surface area contributed by atoms with Crippen molar-refractivity contribution in [3.8, 4) is 5.75 Å². The quantitative estimate of drug-likeness (QED) is 0.894. The summed E-state index contributed by atoms with van der Waals surface area (Å²) in [7, 11) is 0. The molecule has 1 aromatic rings. The summed E-state index contributed by atoms with van der Waals surface area (Å²) in [5.41, 5.74) is 1.18. The molecule has 4 heteroatoms. The number of likely N-dealkylation sites (tertiary alicyclic amines) is 1. The SMILES string of the molecule is CC(CCc1ccc(O)cc1)NC(=O)N1CCCCCC1. The third-order valence-electron chi connectivity index (χ3n) is 4.07. The molecule has 2 N–H and O–H groups in total. The molecule has 0 radical (unpaired) electrons. The van der Waals surface area contributed by atoms with Gasteiger partial charge in [0.2, 0.25) is 0 Å². The molecule has 1 saturated heterocycles. The van der Waals surface area contributed by atoms with Crippen molar-refractivity contribution in [3.05, 3.63) is 29.8 Å². The monoisotopic (exact) mass is 290 g/mol. The molecule has 1 fully saturated rings. The molecule has 0 aromatic heterocycles. The number of phenols is 1. The molecule has 1 aliphatic heterocycles. The van der Waals surface area contributed by atoms with Gasteiger partial charge in [0.25, 0.3) is 0 Å². The predicted octanol–water partition coefficient (Wildman–Crippen LogP) is 3.30. The number of hydrogen-bond donors (Lipinski definition) is 2. The van der Waals surface area contributed by atoms with Crippen LogP contribution in [-0.4, -0.2) is 35.2 Å². The van der Waals surface area contributed by atoms with E-state index in [1.54, 1.807) is 12.1 Å². The number of urea groups is 1. The Hall–Kier alpha value is -1.71. The second kappa shape index (κ2) is 7.91. The Labute approximate surface area is 127 Å². The van der Waals surface area contributed by atoms with Crippen molar-refractivity contribution < 1.29 is 9.90 Å². The van der Waals surface area contributed by atoms with Gasteiger partial charge in [-0.2, -0.15) is 0 Å². The maximum Gasteiger partial charge on any atom is 0.317 e. The van der Waals surface area contributed by atoms with Crippen molar-refractivity contribution in [1.29, 1.82) is 0 Å². The number of rotatable bonds is 4. The second-order valence-electron chi connectivity index (χ2n) is 5.96. The van der Waals surface area contributed by atoms with Gasteiger partial charge in [0.15, 0.2) is 0 Å². The van der Waals surface area contributed by atoms with E-state index in [1.807, 2.05) is 17.0 Å². The van der Waals surface area contributed by atoms with Gasteiger partial charge < -0.3 is 15.3 Å². The van der Waals surface area contributed by atoms with Gasteiger partial charge >= 0.3 is 6.03 Å². The number of carbonyl (C=O) groups excluding carboxylic acids is 1. The van der Waals surface area contributed by atoms with Gasteiger partial charge in [-0.1, -0.05) is 25.0 Å². The summed E-state index contributed by atoms with van der Waals surface area (Å²) < 4.78 is 0. The highest BCUT2D eigenvalue weighted by atomic mass is 16.3. The van der Waals surface area contributed by atoms with Crippen LogP contribution in [0.2, 0.25) is 0 Å². The molecule has 1 unspecified atom stereocenters. The summed E-state index contributed by atoms with van der Waals surface area (Å²) in [5, 5.41) is 12.4. The lowest BCUT2D eigenvalue weighted by Gasteiger charge is -2.23. The third-order valence-corrected chi connectivity index (χ3v) is 4.07. The number of aryl methyl sites for hydroxylation is 1. The maximum absolute atomic E-state index is 12.2. The minimum atomic E-state index is 0.0788. The van der Waals surface area contributed by atoms with Gasteiger partial charge in [0.05, 0.1) is 0 Å². The zero-order chi connectivity index (χ0) is 15.1. The standard InChI is InChI=1S/C17H26N2O2/c1-14(6-7-15-8-10-16(20)11-9-15)18-17(21)19-12-4-2-3-5-13-19/h8-11,14,20H,2-7,12-13H2,1H3,(H,18,21). The zero-order valence-electron chi connectivity index (χ0n) is 12.8. The maximum atomic E-state index is 12.2. The van der Waals surface area contributed by atoms with Gasteiger partial charge in [-0.3, -0.25) is 0 Å². The number of phenolic OH excluding ortho intramolecular Hbond substituents is 1. The van der Waals surface area contributed by atoms with Crippen LogP contribution in [0.1, 0.15) is 44.6 Å².